The number of anilines is 1. The molecule has 1 fully saturated rings. The highest BCUT2D eigenvalue weighted by Gasteiger charge is 2.26. The summed E-state index contributed by atoms with van der Waals surface area (Å²) >= 11 is 0. The first-order valence-electron chi connectivity index (χ1n) is 8.80. The lowest BCUT2D eigenvalue weighted by atomic mass is 10.2. The highest BCUT2D eigenvalue weighted by atomic mass is 16.6. The first kappa shape index (κ1) is 20.6. The third kappa shape index (κ3) is 6.21. The summed E-state index contributed by atoms with van der Waals surface area (Å²) in [6.45, 7) is 9.53. The molecule has 0 radical (unpaired) electrons. The van der Waals surface area contributed by atoms with Crippen molar-refractivity contribution < 1.29 is 19.2 Å². The standard InChI is InChI=1S/C18H26N4O5/c1-13-11-14(22(25)26)5-6-15(13)19-16(23)12-20-7-9-21(10-8-20)17(24)27-18(2,3)4/h5-6,11H,7-10,12H2,1-4H3,(H,19,23). The Morgan fingerprint density at radius 2 is 1.85 bits per heavy atom. The Labute approximate surface area is 158 Å². The quantitative estimate of drug-likeness (QED) is 0.637. The molecule has 0 bridgehead atoms. The molecule has 1 aliphatic rings. The lowest BCUT2D eigenvalue weighted by molar-refractivity contribution is -0.384. The number of nitro benzene ring substituents is 1. The van der Waals surface area contributed by atoms with Crippen LogP contribution in [0.3, 0.4) is 0 Å². The van der Waals surface area contributed by atoms with Crippen molar-refractivity contribution in [1.82, 2.24) is 9.80 Å². The van der Waals surface area contributed by atoms with Crippen molar-refractivity contribution >= 4 is 23.4 Å². The van der Waals surface area contributed by atoms with E-state index in [0.717, 1.165) is 0 Å². The number of carbonyl (C=O) groups is 2. The maximum atomic E-state index is 12.3. The molecule has 0 unspecified atom stereocenters. The van der Waals surface area contributed by atoms with Gasteiger partial charge in [-0.1, -0.05) is 0 Å². The van der Waals surface area contributed by atoms with Gasteiger partial charge in [-0.3, -0.25) is 19.8 Å². The van der Waals surface area contributed by atoms with Crippen LogP contribution in [0.5, 0.6) is 0 Å². The summed E-state index contributed by atoms with van der Waals surface area (Å²) in [5.74, 6) is -0.197. The van der Waals surface area contributed by atoms with Crippen LogP contribution < -0.4 is 5.32 Å². The fourth-order valence-electron chi connectivity index (χ4n) is 2.71. The average molecular weight is 378 g/mol. The minimum atomic E-state index is -0.531. The number of benzene rings is 1. The van der Waals surface area contributed by atoms with Crippen molar-refractivity contribution in [2.24, 2.45) is 0 Å². The van der Waals surface area contributed by atoms with Gasteiger partial charge in [0.25, 0.3) is 5.69 Å². The molecule has 0 saturated carbocycles. The van der Waals surface area contributed by atoms with E-state index in [1.807, 2.05) is 25.7 Å². The van der Waals surface area contributed by atoms with Gasteiger partial charge in [0.1, 0.15) is 5.60 Å². The Morgan fingerprint density at radius 3 is 2.37 bits per heavy atom. The van der Waals surface area contributed by atoms with Crippen molar-refractivity contribution in [3.63, 3.8) is 0 Å². The normalized spacial score (nSPS) is 15.3. The molecule has 1 saturated heterocycles. The molecule has 1 heterocycles. The fraction of sp³-hybridized carbons (Fsp3) is 0.556. The van der Waals surface area contributed by atoms with Crippen molar-refractivity contribution in [3.8, 4) is 0 Å². The summed E-state index contributed by atoms with van der Waals surface area (Å²) in [6, 6.07) is 4.32. The summed E-state index contributed by atoms with van der Waals surface area (Å²) in [4.78, 5) is 38.2. The topological polar surface area (TPSA) is 105 Å². The molecule has 2 amide bonds. The lowest BCUT2D eigenvalue weighted by Crippen LogP contribution is -2.51. The van der Waals surface area contributed by atoms with Crippen LogP contribution in [0, 0.1) is 17.0 Å². The first-order chi connectivity index (χ1) is 12.5. The van der Waals surface area contributed by atoms with Gasteiger partial charge in [0.05, 0.1) is 11.5 Å². The zero-order valence-electron chi connectivity index (χ0n) is 16.2. The molecule has 0 spiro atoms. The molecule has 1 N–H and O–H groups in total. The van der Waals surface area contributed by atoms with Crippen molar-refractivity contribution in [2.75, 3.05) is 38.0 Å². The van der Waals surface area contributed by atoms with E-state index in [-0.39, 0.29) is 24.2 Å². The van der Waals surface area contributed by atoms with E-state index < -0.39 is 10.5 Å². The monoisotopic (exact) mass is 378 g/mol. The molecule has 9 heteroatoms. The van der Waals surface area contributed by atoms with Gasteiger partial charge in [-0.05, 0) is 39.3 Å². The maximum absolute atomic E-state index is 12.3. The number of aryl methyl sites for hydroxylation is 1. The highest BCUT2D eigenvalue weighted by molar-refractivity contribution is 5.93. The molecular formula is C18H26N4O5. The average Bonchev–Trinajstić information content (AvgIpc) is 2.55. The molecule has 0 aromatic heterocycles. The molecule has 9 nitrogen and oxygen atoms in total. The van der Waals surface area contributed by atoms with Gasteiger partial charge in [-0.25, -0.2) is 4.79 Å². The molecule has 1 aliphatic heterocycles. The van der Waals surface area contributed by atoms with Crippen LogP contribution in [-0.4, -0.2) is 65.0 Å². The molecule has 0 atom stereocenters. The smallest absolute Gasteiger partial charge is 0.410 e. The zero-order valence-corrected chi connectivity index (χ0v) is 16.2. The SMILES string of the molecule is Cc1cc([N+](=O)[O-])ccc1NC(=O)CN1CCN(C(=O)OC(C)(C)C)CC1. The van der Waals surface area contributed by atoms with Crippen molar-refractivity contribution in [1.29, 1.82) is 0 Å². The Hall–Kier alpha value is -2.68. The number of amides is 2. The summed E-state index contributed by atoms with van der Waals surface area (Å²) in [5.41, 5.74) is 0.644. The number of hydrogen-bond acceptors (Lipinski definition) is 6. The number of rotatable bonds is 4. The molecular weight excluding hydrogens is 352 g/mol. The summed E-state index contributed by atoms with van der Waals surface area (Å²) < 4.78 is 5.35. The largest absolute Gasteiger partial charge is 0.444 e. The molecule has 27 heavy (non-hydrogen) atoms. The van der Waals surface area contributed by atoms with Crippen LogP contribution in [0.2, 0.25) is 0 Å². The fourth-order valence-corrected chi connectivity index (χ4v) is 2.71. The molecule has 148 valence electrons. The Kier molecular flexibility index (Phi) is 6.37. The predicted octanol–water partition coefficient (Wildman–Crippen LogP) is 2.39. The van der Waals surface area contributed by atoms with Gasteiger partial charge >= 0.3 is 6.09 Å². The van der Waals surface area contributed by atoms with Gasteiger partial charge in [0.2, 0.25) is 5.91 Å². The highest BCUT2D eigenvalue weighted by Crippen LogP contribution is 2.21. The van der Waals surface area contributed by atoms with Gasteiger partial charge in [-0.15, -0.1) is 0 Å². The van der Waals surface area contributed by atoms with Gasteiger partial charge in [0, 0.05) is 44.0 Å². The van der Waals surface area contributed by atoms with Gasteiger partial charge in [0.15, 0.2) is 0 Å². The number of nitrogens with one attached hydrogen (secondary N) is 1. The Bertz CT molecular complexity index is 721. The third-order valence-corrected chi connectivity index (χ3v) is 4.09. The number of nitro groups is 1. The molecule has 1 aromatic carbocycles. The number of non-ortho nitro benzene ring substituents is 1. The second kappa shape index (κ2) is 8.34. The summed E-state index contributed by atoms with van der Waals surface area (Å²) in [6.07, 6.45) is -0.340. The Morgan fingerprint density at radius 1 is 1.22 bits per heavy atom. The predicted molar refractivity (Wildman–Crippen MR) is 101 cm³/mol. The molecule has 2 rings (SSSR count). The van der Waals surface area contributed by atoms with Crippen molar-refractivity contribution in [3.05, 3.63) is 33.9 Å². The van der Waals surface area contributed by atoms with Crippen LogP contribution in [-0.2, 0) is 9.53 Å². The second-order valence-electron chi connectivity index (χ2n) is 7.55. The summed E-state index contributed by atoms with van der Waals surface area (Å²) in [5, 5.41) is 13.6. The zero-order chi connectivity index (χ0) is 20.2. The molecule has 1 aromatic rings. The van der Waals surface area contributed by atoms with E-state index in [9.17, 15) is 19.7 Å². The maximum Gasteiger partial charge on any atom is 0.410 e. The first-order valence-corrected chi connectivity index (χ1v) is 8.80. The summed E-state index contributed by atoms with van der Waals surface area (Å²) in [7, 11) is 0. The minimum absolute atomic E-state index is 0.0104. The van der Waals surface area contributed by atoms with E-state index in [0.29, 0.717) is 37.4 Å². The van der Waals surface area contributed by atoms with Crippen LogP contribution in [0.4, 0.5) is 16.2 Å². The third-order valence-electron chi connectivity index (χ3n) is 4.09. The lowest BCUT2D eigenvalue weighted by Gasteiger charge is -2.35. The van der Waals surface area contributed by atoms with Crippen LogP contribution >= 0.6 is 0 Å². The van der Waals surface area contributed by atoms with Crippen LogP contribution in [0.15, 0.2) is 18.2 Å². The second-order valence-corrected chi connectivity index (χ2v) is 7.55. The van der Waals surface area contributed by atoms with Crippen LogP contribution in [0.1, 0.15) is 26.3 Å². The van der Waals surface area contributed by atoms with E-state index in [4.69, 9.17) is 4.74 Å². The van der Waals surface area contributed by atoms with E-state index >= 15 is 0 Å². The number of nitrogens with zero attached hydrogens (tertiary/aromatic N) is 3. The number of carbonyl (C=O) groups excluding carboxylic acids is 2. The number of hydrogen-bond donors (Lipinski definition) is 1. The minimum Gasteiger partial charge on any atom is -0.444 e. The number of piperazine rings is 1. The van der Waals surface area contributed by atoms with E-state index in [1.165, 1.54) is 18.2 Å². The van der Waals surface area contributed by atoms with Gasteiger partial charge < -0.3 is 15.0 Å². The van der Waals surface area contributed by atoms with E-state index in [2.05, 4.69) is 5.32 Å². The van der Waals surface area contributed by atoms with E-state index in [1.54, 1.807) is 11.8 Å². The van der Waals surface area contributed by atoms with Gasteiger partial charge in [-0.2, -0.15) is 0 Å². The molecule has 0 aliphatic carbocycles. The van der Waals surface area contributed by atoms with Crippen LogP contribution in [0.25, 0.3) is 0 Å². The Balaban J connectivity index is 1.83. The number of ether oxygens (including phenoxy) is 1. The van der Waals surface area contributed by atoms with Crippen molar-refractivity contribution in [2.45, 2.75) is 33.3 Å².